The summed E-state index contributed by atoms with van der Waals surface area (Å²) in [7, 11) is 0. The van der Waals surface area contributed by atoms with E-state index in [1.807, 2.05) is 24.3 Å². The van der Waals surface area contributed by atoms with Gasteiger partial charge >= 0.3 is 0 Å². The average Bonchev–Trinajstić information content (AvgIpc) is 1.60. The molecule has 0 atom stereocenters. The lowest BCUT2D eigenvalue weighted by Gasteiger charge is -2.32. The van der Waals surface area contributed by atoms with E-state index in [4.69, 9.17) is 8.83 Å². The minimum absolute atomic E-state index is 0.559. The standard InChI is InChI=1S/C81H50N2O2/c1-3-17-57(18-4-1)82(73-29-15-25-69-65-23-9-13-31-75(65)84-79(69)73)59-41-33-51(34-42-59)53-37-45-61-55(49-53)39-47-67-68-48-40-56-50-54(38-46-62(56)78(68)81(77(61)67)71-27-11-7-21-63(71)64-22-8-12-28-72(64)81)52-35-43-60(44-36-52)83(58-19-5-2-6-20-58)74-30-16-26-70-66-24-10-14-32-76(66)85-80(70)74/h1-50H. The van der Waals surface area contributed by atoms with Crippen LogP contribution in [0.1, 0.15) is 22.3 Å². The van der Waals surface area contributed by atoms with E-state index in [9.17, 15) is 0 Å². The first kappa shape index (κ1) is 47.4. The van der Waals surface area contributed by atoms with Crippen molar-refractivity contribution < 1.29 is 8.83 Å². The molecule has 16 aromatic rings. The summed E-state index contributed by atoms with van der Waals surface area (Å²) < 4.78 is 13.2. The first-order chi connectivity index (χ1) is 42.2. The highest BCUT2D eigenvalue weighted by Crippen LogP contribution is 2.65. The number of benzene rings is 14. The Morgan fingerprint density at radius 2 is 0.624 bits per heavy atom. The van der Waals surface area contributed by atoms with Gasteiger partial charge in [-0.25, -0.2) is 0 Å². The molecule has 4 heteroatoms. The normalized spacial score (nSPS) is 12.8. The van der Waals surface area contributed by atoms with Crippen LogP contribution < -0.4 is 9.80 Å². The maximum absolute atomic E-state index is 6.61. The van der Waals surface area contributed by atoms with Crippen LogP contribution in [0.15, 0.2) is 312 Å². The summed E-state index contributed by atoms with van der Waals surface area (Å²) in [6, 6.07) is 111. The van der Waals surface area contributed by atoms with Crippen LogP contribution in [0.4, 0.5) is 34.1 Å². The zero-order valence-electron chi connectivity index (χ0n) is 46.1. The van der Waals surface area contributed by atoms with Gasteiger partial charge in [-0.3, -0.25) is 0 Å². The van der Waals surface area contributed by atoms with Crippen molar-refractivity contribution in [2.45, 2.75) is 5.41 Å². The number of furan rings is 2. The average molecular weight is 1080 g/mol. The predicted molar refractivity (Wildman–Crippen MR) is 353 cm³/mol. The Kier molecular flexibility index (Phi) is 10.3. The van der Waals surface area contributed by atoms with Crippen LogP contribution in [-0.2, 0) is 5.41 Å². The quantitative estimate of drug-likeness (QED) is 0.152. The number of rotatable bonds is 8. The van der Waals surface area contributed by atoms with Crippen LogP contribution in [0, 0.1) is 0 Å². The number of anilines is 6. The number of fused-ring (bicyclic) bond motifs is 20. The fraction of sp³-hybridized carbons (Fsp3) is 0.0123. The van der Waals surface area contributed by atoms with Crippen LogP contribution in [0.25, 0.3) is 110 Å². The fourth-order valence-corrected chi connectivity index (χ4v) is 14.6. The van der Waals surface area contributed by atoms with Crippen LogP contribution in [0.3, 0.4) is 0 Å². The molecule has 0 saturated heterocycles. The lowest BCUT2D eigenvalue weighted by molar-refractivity contribution is 0.668. The predicted octanol–water partition coefficient (Wildman–Crippen LogP) is 22.4. The van der Waals surface area contributed by atoms with Gasteiger partial charge in [0.1, 0.15) is 11.2 Å². The van der Waals surface area contributed by atoms with Gasteiger partial charge in [-0.15, -0.1) is 0 Å². The number of hydrogen-bond acceptors (Lipinski definition) is 4. The molecule has 85 heavy (non-hydrogen) atoms. The zero-order valence-corrected chi connectivity index (χ0v) is 46.1. The van der Waals surface area contributed by atoms with E-state index >= 15 is 0 Å². The summed E-state index contributed by atoms with van der Waals surface area (Å²) in [6.07, 6.45) is 0. The molecule has 0 saturated carbocycles. The molecule has 0 fully saturated rings. The van der Waals surface area contributed by atoms with Gasteiger partial charge in [0.2, 0.25) is 0 Å². The van der Waals surface area contributed by atoms with Gasteiger partial charge in [0.05, 0.1) is 16.8 Å². The number of nitrogens with zero attached hydrogens (tertiary/aromatic N) is 2. The molecular weight excluding hydrogens is 1030 g/mol. The molecule has 0 aliphatic heterocycles. The van der Waals surface area contributed by atoms with Gasteiger partial charge in [-0.2, -0.15) is 0 Å². The molecular formula is C81H50N2O2. The molecule has 18 rings (SSSR count). The van der Waals surface area contributed by atoms with Crippen molar-refractivity contribution in [1.82, 2.24) is 0 Å². The summed E-state index contributed by atoms with van der Waals surface area (Å²) in [5, 5.41) is 9.39. The molecule has 0 radical (unpaired) electrons. The summed E-state index contributed by atoms with van der Waals surface area (Å²) in [5.74, 6) is 0. The molecule has 4 nitrogen and oxygen atoms in total. The summed E-state index contributed by atoms with van der Waals surface area (Å²) >= 11 is 0. The highest BCUT2D eigenvalue weighted by atomic mass is 16.3. The van der Waals surface area contributed by atoms with Crippen LogP contribution in [0.5, 0.6) is 0 Å². The third-order valence-corrected chi connectivity index (χ3v) is 18.2. The Hall–Kier alpha value is -11.2. The SMILES string of the molecule is c1ccc(N(c2ccc(-c3ccc4c5c(ccc4c3)-c3ccc4cc(-c6ccc(N(c7ccccc7)c7cccc8c7oc7ccccc78)cc6)ccc4c3C53c4ccccc4-c4ccccc43)cc2)c2cccc3c2oc2ccccc23)cc1. The minimum Gasteiger partial charge on any atom is -0.454 e. The monoisotopic (exact) mass is 1080 g/mol. The molecule has 2 aliphatic rings. The molecule has 0 bridgehead atoms. The van der Waals surface area contributed by atoms with E-state index in [0.717, 1.165) is 89.1 Å². The van der Waals surface area contributed by atoms with Crippen molar-refractivity contribution in [3.8, 4) is 44.5 Å². The van der Waals surface area contributed by atoms with Crippen molar-refractivity contribution >= 4 is 99.5 Å². The maximum Gasteiger partial charge on any atom is 0.159 e. The van der Waals surface area contributed by atoms with E-state index in [2.05, 4.69) is 289 Å². The third-order valence-electron chi connectivity index (χ3n) is 18.2. The summed E-state index contributed by atoms with van der Waals surface area (Å²) in [4.78, 5) is 4.61. The Morgan fingerprint density at radius 1 is 0.247 bits per heavy atom. The lowest BCUT2D eigenvalue weighted by atomic mass is 9.68. The molecule has 2 aromatic heterocycles. The van der Waals surface area contributed by atoms with Crippen LogP contribution >= 0.6 is 0 Å². The van der Waals surface area contributed by atoms with Gasteiger partial charge in [0.25, 0.3) is 0 Å². The van der Waals surface area contributed by atoms with Crippen molar-refractivity contribution in [3.05, 3.63) is 326 Å². The summed E-state index contributed by atoms with van der Waals surface area (Å²) in [5.41, 5.74) is 24.3. The second kappa shape index (κ2) is 18.4. The Labute approximate surface area is 490 Å². The number of hydrogen-bond donors (Lipinski definition) is 0. The Balaban J connectivity index is 0.742. The lowest BCUT2D eigenvalue weighted by Crippen LogP contribution is -2.26. The zero-order chi connectivity index (χ0) is 55.7. The molecule has 0 amide bonds. The van der Waals surface area contributed by atoms with E-state index < -0.39 is 5.41 Å². The maximum atomic E-state index is 6.61. The molecule has 2 aliphatic carbocycles. The van der Waals surface area contributed by atoms with Crippen molar-refractivity contribution in [2.24, 2.45) is 0 Å². The first-order valence-electron chi connectivity index (χ1n) is 29.2. The van der Waals surface area contributed by atoms with Crippen LogP contribution in [-0.4, -0.2) is 0 Å². The summed E-state index contributed by atoms with van der Waals surface area (Å²) in [6.45, 7) is 0. The van der Waals surface area contributed by atoms with Crippen molar-refractivity contribution in [1.29, 1.82) is 0 Å². The van der Waals surface area contributed by atoms with Gasteiger partial charge in [0.15, 0.2) is 11.2 Å². The molecule has 2 heterocycles. The highest BCUT2D eigenvalue weighted by Gasteiger charge is 2.53. The second-order valence-electron chi connectivity index (χ2n) is 22.6. The van der Waals surface area contributed by atoms with E-state index in [1.165, 1.54) is 77.2 Å². The van der Waals surface area contributed by atoms with Crippen molar-refractivity contribution in [3.63, 3.8) is 0 Å². The minimum atomic E-state index is -0.559. The van der Waals surface area contributed by atoms with E-state index in [-0.39, 0.29) is 0 Å². The molecule has 1 spiro atoms. The van der Waals surface area contributed by atoms with Gasteiger partial charge in [0, 0.05) is 44.3 Å². The molecule has 396 valence electrons. The third kappa shape index (κ3) is 6.97. The van der Waals surface area contributed by atoms with Crippen molar-refractivity contribution in [2.75, 3.05) is 9.80 Å². The van der Waals surface area contributed by atoms with Gasteiger partial charge in [-0.05, 0) is 173 Å². The largest absolute Gasteiger partial charge is 0.454 e. The Morgan fingerprint density at radius 3 is 1.08 bits per heavy atom. The molecule has 0 unspecified atom stereocenters. The first-order valence-corrected chi connectivity index (χ1v) is 29.2. The smallest absolute Gasteiger partial charge is 0.159 e. The topological polar surface area (TPSA) is 32.8 Å². The molecule has 0 N–H and O–H groups in total. The Bertz CT molecular complexity index is 5030. The molecule has 14 aromatic carbocycles. The highest BCUT2D eigenvalue weighted by molar-refractivity contribution is 6.13. The van der Waals surface area contributed by atoms with Crippen LogP contribution in [0.2, 0.25) is 0 Å². The van der Waals surface area contributed by atoms with E-state index in [1.54, 1.807) is 0 Å². The fourth-order valence-electron chi connectivity index (χ4n) is 14.6. The van der Waals surface area contributed by atoms with Gasteiger partial charge in [-0.1, -0.05) is 218 Å². The second-order valence-corrected chi connectivity index (χ2v) is 22.6. The number of para-hydroxylation sites is 6. The van der Waals surface area contributed by atoms with E-state index in [0.29, 0.717) is 0 Å². The van der Waals surface area contributed by atoms with Gasteiger partial charge < -0.3 is 18.6 Å².